The molecule has 12 heteroatoms. The summed E-state index contributed by atoms with van der Waals surface area (Å²) < 4.78 is 59.7. The fourth-order valence-electron chi connectivity index (χ4n) is 4.38. The summed E-state index contributed by atoms with van der Waals surface area (Å²) in [6.07, 6.45) is 2.81. The van der Waals surface area contributed by atoms with E-state index in [-0.39, 0.29) is 10.8 Å². The largest absolute Gasteiger partial charge is 0.490 e. The molecule has 2 aromatic rings. The minimum atomic E-state index is -5.08. The van der Waals surface area contributed by atoms with E-state index in [1.165, 1.54) is 44.2 Å². The van der Waals surface area contributed by atoms with Crippen molar-refractivity contribution in [2.24, 2.45) is 5.92 Å². The molecular formula is C26H30ClF3N2O5S. The second-order valence-electron chi connectivity index (χ2n) is 9.69. The highest BCUT2D eigenvalue weighted by atomic mass is 35.5. The zero-order valence-electron chi connectivity index (χ0n) is 20.8. The van der Waals surface area contributed by atoms with E-state index in [1.54, 1.807) is 18.2 Å². The molecular weight excluding hydrogens is 545 g/mol. The van der Waals surface area contributed by atoms with Crippen LogP contribution in [-0.2, 0) is 25.0 Å². The number of hydrogen-bond donors (Lipinski definition) is 3. The van der Waals surface area contributed by atoms with Gasteiger partial charge in [-0.3, -0.25) is 9.52 Å². The molecule has 0 heterocycles. The van der Waals surface area contributed by atoms with E-state index in [1.807, 2.05) is 19.1 Å². The minimum Gasteiger partial charge on any atom is -0.475 e. The molecule has 7 nitrogen and oxygen atoms in total. The first-order valence-corrected chi connectivity index (χ1v) is 14.1. The van der Waals surface area contributed by atoms with Crippen LogP contribution in [0.3, 0.4) is 0 Å². The Labute approximate surface area is 224 Å². The normalized spacial score (nSPS) is 17.1. The summed E-state index contributed by atoms with van der Waals surface area (Å²) in [7, 11) is -3.74. The molecule has 2 aromatic carbocycles. The van der Waals surface area contributed by atoms with E-state index in [9.17, 15) is 26.4 Å². The Morgan fingerprint density at radius 3 is 2.13 bits per heavy atom. The first-order chi connectivity index (χ1) is 17.7. The molecule has 2 saturated carbocycles. The van der Waals surface area contributed by atoms with Crippen LogP contribution in [0.15, 0.2) is 47.4 Å². The van der Waals surface area contributed by atoms with Gasteiger partial charge in [0.25, 0.3) is 10.0 Å². The molecule has 38 heavy (non-hydrogen) atoms. The van der Waals surface area contributed by atoms with Crippen molar-refractivity contribution in [3.63, 3.8) is 0 Å². The van der Waals surface area contributed by atoms with Crippen molar-refractivity contribution in [2.45, 2.75) is 68.4 Å². The van der Waals surface area contributed by atoms with Crippen molar-refractivity contribution in [3.8, 4) is 0 Å². The van der Waals surface area contributed by atoms with E-state index >= 15 is 0 Å². The molecule has 0 aromatic heterocycles. The maximum absolute atomic E-state index is 12.9. The second kappa shape index (κ2) is 11.9. The maximum Gasteiger partial charge on any atom is 0.490 e. The van der Waals surface area contributed by atoms with Gasteiger partial charge in [-0.1, -0.05) is 49.1 Å². The smallest absolute Gasteiger partial charge is 0.475 e. The predicted molar refractivity (Wildman–Crippen MR) is 138 cm³/mol. The van der Waals surface area contributed by atoms with Crippen LogP contribution in [0.5, 0.6) is 0 Å². The number of sulfonamides is 1. The topological polar surface area (TPSA) is 113 Å². The van der Waals surface area contributed by atoms with Crippen LogP contribution in [0.4, 0.5) is 18.9 Å². The number of alkyl halides is 3. The molecule has 4 rings (SSSR count). The molecule has 0 atom stereocenters. The third-order valence-electron chi connectivity index (χ3n) is 6.85. The number of aliphatic carboxylic acids is 1. The zero-order chi connectivity index (χ0) is 28.1. The Balaban J connectivity index is 0.000000505. The van der Waals surface area contributed by atoms with Gasteiger partial charge in [0.05, 0.1) is 10.3 Å². The molecule has 2 aliphatic carbocycles. The fraction of sp³-hybridized carbons (Fsp3) is 0.462. The van der Waals surface area contributed by atoms with E-state index in [2.05, 4.69) is 10.0 Å². The number of amides is 1. The highest BCUT2D eigenvalue weighted by Gasteiger charge is 2.51. The zero-order valence-corrected chi connectivity index (χ0v) is 22.3. The van der Waals surface area contributed by atoms with Gasteiger partial charge in [0, 0.05) is 17.3 Å². The summed E-state index contributed by atoms with van der Waals surface area (Å²) in [4.78, 5) is 21.9. The number of anilines is 1. The van der Waals surface area contributed by atoms with Gasteiger partial charge in [-0.15, -0.1) is 0 Å². The molecule has 2 aliphatic rings. The number of benzene rings is 2. The van der Waals surface area contributed by atoms with Crippen molar-refractivity contribution >= 4 is 39.2 Å². The maximum atomic E-state index is 12.9. The summed E-state index contributed by atoms with van der Waals surface area (Å²) in [5.74, 6) is -2.06. The number of halogens is 4. The second-order valence-corrected chi connectivity index (χ2v) is 11.8. The van der Waals surface area contributed by atoms with Crippen LogP contribution in [-0.4, -0.2) is 38.1 Å². The lowest BCUT2D eigenvalue weighted by atomic mass is 9.88. The van der Waals surface area contributed by atoms with Crippen LogP contribution >= 0.6 is 11.6 Å². The van der Waals surface area contributed by atoms with Crippen molar-refractivity contribution in [1.82, 2.24) is 5.32 Å². The van der Waals surface area contributed by atoms with Gasteiger partial charge in [0.2, 0.25) is 5.91 Å². The molecule has 0 bridgehead atoms. The van der Waals surface area contributed by atoms with Crippen LogP contribution in [0.1, 0.15) is 56.1 Å². The van der Waals surface area contributed by atoms with E-state index < -0.39 is 27.6 Å². The highest BCUT2D eigenvalue weighted by Crippen LogP contribution is 2.48. The molecule has 0 radical (unpaired) electrons. The Morgan fingerprint density at radius 1 is 1.05 bits per heavy atom. The number of aryl methyl sites for hydroxylation is 1. The van der Waals surface area contributed by atoms with Gasteiger partial charge in [-0.25, -0.2) is 13.2 Å². The van der Waals surface area contributed by atoms with Crippen LogP contribution in [0, 0.1) is 12.8 Å². The number of carboxylic acid groups (broad SMARTS) is 1. The van der Waals surface area contributed by atoms with Crippen LogP contribution in [0.2, 0.25) is 5.02 Å². The molecule has 208 valence electrons. The van der Waals surface area contributed by atoms with Gasteiger partial charge in [0.15, 0.2) is 0 Å². The standard InChI is InChI=1S/C24H29ClN2O3S.C2HF3O2/c1-17-7-12-21(15-22(17)25)31(29,30)27-20-10-8-19(9-11-20)24(13-14-24)23(28)26-16-18-5-3-2-4-6-18;3-2(4,5)1(6)7/h7-12,15,18,27H,2-6,13-14,16H2,1H3,(H,26,28);(H,6,7). The lowest BCUT2D eigenvalue weighted by molar-refractivity contribution is -0.192. The summed E-state index contributed by atoms with van der Waals surface area (Å²) in [6.45, 7) is 2.58. The van der Waals surface area contributed by atoms with Crippen molar-refractivity contribution < 1.29 is 36.3 Å². The average molecular weight is 575 g/mol. The third-order valence-corrected chi connectivity index (χ3v) is 8.63. The van der Waals surface area contributed by atoms with Crippen molar-refractivity contribution in [2.75, 3.05) is 11.3 Å². The van der Waals surface area contributed by atoms with Crippen LogP contribution in [0.25, 0.3) is 0 Å². The molecule has 0 aliphatic heterocycles. The van der Waals surface area contributed by atoms with E-state index in [0.717, 1.165) is 30.5 Å². The molecule has 1 amide bonds. The van der Waals surface area contributed by atoms with Crippen molar-refractivity contribution in [3.05, 3.63) is 58.6 Å². The molecule has 0 saturated heterocycles. The van der Waals surface area contributed by atoms with E-state index in [4.69, 9.17) is 21.5 Å². The molecule has 0 spiro atoms. The number of carbonyl (C=O) groups is 2. The highest BCUT2D eigenvalue weighted by molar-refractivity contribution is 7.92. The Morgan fingerprint density at radius 2 is 1.63 bits per heavy atom. The average Bonchev–Trinajstić information content (AvgIpc) is 3.67. The monoisotopic (exact) mass is 574 g/mol. The Bertz CT molecular complexity index is 1260. The van der Waals surface area contributed by atoms with Gasteiger partial charge < -0.3 is 10.4 Å². The van der Waals surface area contributed by atoms with Gasteiger partial charge in [-0.05, 0) is 73.9 Å². The molecule has 2 fully saturated rings. The summed E-state index contributed by atoms with van der Waals surface area (Å²) >= 11 is 6.08. The number of carboxylic acids is 1. The summed E-state index contributed by atoms with van der Waals surface area (Å²) in [5.41, 5.74) is 1.76. The predicted octanol–water partition coefficient (Wildman–Crippen LogP) is 5.81. The molecule has 3 N–H and O–H groups in total. The Hall–Kier alpha value is -2.79. The number of nitrogens with one attached hydrogen (secondary N) is 2. The lowest BCUT2D eigenvalue weighted by Gasteiger charge is -2.23. The number of rotatable bonds is 7. The minimum absolute atomic E-state index is 0.0979. The van der Waals surface area contributed by atoms with Gasteiger partial charge >= 0.3 is 12.1 Å². The Kier molecular flexibility index (Phi) is 9.35. The number of hydrogen-bond acceptors (Lipinski definition) is 4. The molecule has 0 unspecified atom stereocenters. The summed E-state index contributed by atoms with van der Waals surface area (Å²) in [6, 6.07) is 11.8. The SMILES string of the molecule is Cc1ccc(S(=O)(=O)Nc2ccc(C3(C(=O)NCC4CCCCC4)CC3)cc2)cc1Cl.O=C(O)C(F)(F)F. The quantitative estimate of drug-likeness (QED) is 0.386. The van der Waals surface area contributed by atoms with E-state index in [0.29, 0.717) is 16.6 Å². The number of carbonyl (C=O) groups excluding carboxylic acids is 1. The van der Waals surface area contributed by atoms with Crippen molar-refractivity contribution in [1.29, 1.82) is 0 Å². The lowest BCUT2D eigenvalue weighted by Crippen LogP contribution is -2.38. The van der Waals surface area contributed by atoms with Gasteiger partial charge in [0.1, 0.15) is 0 Å². The first kappa shape index (κ1) is 29.8. The summed E-state index contributed by atoms with van der Waals surface area (Å²) in [5, 5.41) is 10.7. The first-order valence-electron chi connectivity index (χ1n) is 12.2. The van der Waals surface area contributed by atoms with Gasteiger partial charge in [-0.2, -0.15) is 13.2 Å². The fourth-order valence-corrected chi connectivity index (χ4v) is 5.71. The van der Waals surface area contributed by atoms with Crippen LogP contribution < -0.4 is 10.0 Å². The third kappa shape index (κ3) is 7.63.